The number of hydrogen-bond acceptors (Lipinski definition) is 5. The Morgan fingerprint density at radius 2 is 1.43 bits per heavy atom. The smallest absolute Gasteiger partial charge is 0.460 e. The highest BCUT2D eigenvalue weighted by Gasteiger charge is 2.33. The molecule has 1 N–H and O–H groups in total. The van der Waals surface area contributed by atoms with Crippen molar-refractivity contribution >= 4 is 25.3 Å². The van der Waals surface area contributed by atoms with E-state index in [1.54, 1.807) is 54.6 Å². The lowest BCUT2D eigenvalue weighted by Crippen LogP contribution is -2.35. The van der Waals surface area contributed by atoms with Crippen molar-refractivity contribution in [2.75, 3.05) is 0 Å². The molecule has 0 spiro atoms. The number of carbonyl (C=O) groups excluding carboxylic acids is 1. The molecule has 156 valence electrons. The fourth-order valence-corrected chi connectivity index (χ4v) is 4.12. The molecule has 0 fully saturated rings. The van der Waals surface area contributed by atoms with Gasteiger partial charge in [-0.05, 0) is 48.9 Å². The molecule has 6 nitrogen and oxygen atoms in total. The van der Waals surface area contributed by atoms with Crippen molar-refractivity contribution in [2.45, 2.75) is 19.6 Å². The number of hydrogen-bond donors (Lipinski definition) is 1. The van der Waals surface area contributed by atoms with Gasteiger partial charge >= 0.3 is 13.7 Å². The maximum atomic E-state index is 13.4. The van der Waals surface area contributed by atoms with Crippen LogP contribution in [0.25, 0.3) is 0 Å². The van der Waals surface area contributed by atoms with Gasteiger partial charge in [-0.15, -0.1) is 0 Å². The number of esters is 1. The maximum Gasteiger partial charge on any atom is 0.513 e. The summed E-state index contributed by atoms with van der Waals surface area (Å²) in [4.78, 5) is 12.4. The Kier molecular flexibility index (Phi) is 7.52. The largest absolute Gasteiger partial charge is 0.513 e. The highest BCUT2D eigenvalue weighted by atomic mass is 35.5. The summed E-state index contributed by atoms with van der Waals surface area (Å²) in [7, 11) is -3.98. The molecule has 3 rings (SSSR count). The van der Waals surface area contributed by atoms with Gasteiger partial charge in [0, 0.05) is 5.02 Å². The molecular weight excluding hydrogens is 425 g/mol. The first-order chi connectivity index (χ1) is 14.4. The van der Waals surface area contributed by atoms with Crippen LogP contribution in [-0.2, 0) is 20.7 Å². The molecule has 0 aliphatic rings. The third kappa shape index (κ3) is 6.63. The molecule has 0 aromatic heterocycles. The Morgan fingerprint density at radius 3 is 2.03 bits per heavy atom. The number of nitrogens with one attached hydrogen (secondary N) is 1. The summed E-state index contributed by atoms with van der Waals surface area (Å²) < 4.78 is 29.9. The van der Waals surface area contributed by atoms with Crippen molar-refractivity contribution in [3.63, 3.8) is 0 Å². The number of benzene rings is 3. The standard InChI is InChI=1S/C22H21ClNO5P/c1-17(22(25)27-16-18-8-4-2-5-9-18)24-30(26,28-20-10-6-3-7-11-20)29-21-14-12-19(23)13-15-21/h2-15,17H,16H2,1H3,(H,24,26)/t17-,30+/m0/s1. The lowest BCUT2D eigenvalue weighted by molar-refractivity contribution is -0.146. The second-order valence-electron chi connectivity index (χ2n) is 6.39. The van der Waals surface area contributed by atoms with Gasteiger partial charge in [-0.25, -0.2) is 4.57 Å². The molecule has 3 aromatic carbocycles. The minimum absolute atomic E-state index is 0.105. The van der Waals surface area contributed by atoms with E-state index in [0.29, 0.717) is 10.8 Å². The first-order valence-electron chi connectivity index (χ1n) is 9.22. The van der Waals surface area contributed by atoms with Gasteiger partial charge in [-0.1, -0.05) is 60.1 Å². The maximum absolute atomic E-state index is 13.4. The monoisotopic (exact) mass is 445 g/mol. The van der Waals surface area contributed by atoms with Crippen LogP contribution in [0.2, 0.25) is 5.02 Å². The molecule has 0 bridgehead atoms. The molecule has 0 saturated heterocycles. The zero-order valence-corrected chi connectivity index (χ0v) is 17.9. The third-order valence-corrected chi connectivity index (χ3v) is 5.80. The molecule has 0 radical (unpaired) electrons. The molecule has 0 aliphatic carbocycles. The van der Waals surface area contributed by atoms with Crippen molar-refractivity contribution in [3.05, 3.63) is 95.5 Å². The molecule has 2 atom stereocenters. The SMILES string of the molecule is C[C@H](N[P@@](=O)(Oc1ccccc1)Oc1ccc(Cl)cc1)C(=O)OCc1ccccc1. The number of ether oxygens (including phenoxy) is 1. The van der Waals surface area contributed by atoms with E-state index in [-0.39, 0.29) is 12.4 Å². The van der Waals surface area contributed by atoms with Gasteiger partial charge in [0.15, 0.2) is 0 Å². The van der Waals surface area contributed by atoms with Gasteiger partial charge in [0.2, 0.25) is 0 Å². The van der Waals surface area contributed by atoms with Crippen LogP contribution >= 0.6 is 19.3 Å². The summed E-state index contributed by atoms with van der Waals surface area (Å²) in [5, 5.41) is 3.15. The molecule has 0 amide bonds. The average Bonchev–Trinajstić information content (AvgIpc) is 2.75. The summed E-state index contributed by atoms with van der Waals surface area (Å²) in [6.07, 6.45) is 0. The summed E-state index contributed by atoms with van der Waals surface area (Å²) in [5.41, 5.74) is 0.846. The van der Waals surface area contributed by atoms with E-state index < -0.39 is 19.8 Å². The topological polar surface area (TPSA) is 73.9 Å². The van der Waals surface area contributed by atoms with E-state index in [9.17, 15) is 9.36 Å². The van der Waals surface area contributed by atoms with Gasteiger partial charge in [-0.3, -0.25) is 4.79 Å². The second-order valence-corrected chi connectivity index (χ2v) is 8.45. The molecular formula is C22H21ClNO5P. The lowest BCUT2D eigenvalue weighted by Gasteiger charge is -2.23. The van der Waals surface area contributed by atoms with E-state index in [0.717, 1.165) is 5.56 Å². The second kappa shape index (κ2) is 10.3. The van der Waals surface area contributed by atoms with Crippen LogP contribution in [0.4, 0.5) is 0 Å². The van der Waals surface area contributed by atoms with Crippen molar-refractivity contribution in [1.29, 1.82) is 0 Å². The van der Waals surface area contributed by atoms with Crippen molar-refractivity contribution < 1.29 is 23.1 Å². The molecule has 0 saturated carbocycles. The zero-order chi connectivity index (χ0) is 21.4. The average molecular weight is 446 g/mol. The fourth-order valence-electron chi connectivity index (χ4n) is 2.47. The van der Waals surface area contributed by atoms with Crippen molar-refractivity contribution in [2.24, 2.45) is 0 Å². The molecule has 0 aliphatic heterocycles. The minimum atomic E-state index is -3.98. The molecule has 8 heteroatoms. The van der Waals surface area contributed by atoms with Crippen molar-refractivity contribution in [1.82, 2.24) is 5.09 Å². The summed E-state index contributed by atoms with van der Waals surface area (Å²) >= 11 is 5.89. The van der Waals surface area contributed by atoms with Crippen molar-refractivity contribution in [3.8, 4) is 11.5 Å². The highest BCUT2D eigenvalue weighted by Crippen LogP contribution is 2.45. The van der Waals surface area contributed by atoms with Crippen LogP contribution in [0.15, 0.2) is 84.9 Å². The normalized spacial score (nSPS) is 13.7. The predicted octanol–water partition coefficient (Wildman–Crippen LogP) is 5.63. The quantitative estimate of drug-likeness (QED) is 0.340. The van der Waals surface area contributed by atoms with Gasteiger partial charge in [-0.2, -0.15) is 5.09 Å². The Bertz CT molecular complexity index is 999. The minimum Gasteiger partial charge on any atom is -0.460 e. The Morgan fingerprint density at radius 1 is 0.900 bits per heavy atom. The summed E-state index contributed by atoms with van der Waals surface area (Å²) in [5.74, 6) is 0.0126. The van der Waals surface area contributed by atoms with E-state index in [4.69, 9.17) is 25.4 Å². The van der Waals surface area contributed by atoms with Gasteiger partial charge in [0.25, 0.3) is 0 Å². The number of rotatable bonds is 9. The lowest BCUT2D eigenvalue weighted by atomic mass is 10.2. The van der Waals surface area contributed by atoms with E-state index in [1.807, 2.05) is 30.3 Å². The molecule has 30 heavy (non-hydrogen) atoms. The predicted molar refractivity (Wildman–Crippen MR) is 116 cm³/mol. The fraction of sp³-hybridized carbons (Fsp3) is 0.136. The number of para-hydroxylation sites is 1. The number of carbonyl (C=O) groups is 1. The van der Waals surface area contributed by atoms with Gasteiger partial charge in [0.1, 0.15) is 24.1 Å². The van der Waals surface area contributed by atoms with E-state index in [1.165, 1.54) is 6.92 Å². The first-order valence-corrected chi connectivity index (χ1v) is 11.1. The Balaban J connectivity index is 1.71. The Labute approximate surface area is 180 Å². The van der Waals surface area contributed by atoms with Crippen LogP contribution in [0.1, 0.15) is 12.5 Å². The number of halogens is 1. The summed E-state index contributed by atoms with van der Waals surface area (Å²) in [6, 6.07) is 23.2. The Hall–Kier alpha value is -2.79. The molecule has 0 unspecified atom stereocenters. The van der Waals surface area contributed by atoms with Gasteiger partial charge < -0.3 is 13.8 Å². The molecule has 3 aromatic rings. The highest BCUT2D eigenvalue weighted by molar-refractivity contribution is 7.52. The van der Waals surface area contributed by atoms with Crippen LogP contribution < -0.4 is 14.1 Å². The van der Waals surface area contributed by atoms with E-state index in [2.05, 4.69) is 5.09 Å². The van der Waals surface area contributed by atoms with Gasteiger partial charge in [0.05, 0.1) is 0 Å². The van der Waals surface area contributed by atoms with Crippen LogP contribution in [0.5, 0.6) is 11.5 Å². The van der Waals surface area contributed by atoms with Crippen LogP contribution in [0, 0.1) is 0 Å². The first kappa shape index (κ1) is 21.9. The summed E-state index contributed by atoms with van der Waals surface area (Å²) in [6.45, 7) is 1.63. The third-order valence-electron chi connectivity index (χ3n) is 3.94. The van der Waals surface area contributed by atoms with E-state index >= 15 is 0 Å². The zero-order valence-electron chi connectivity index (χ0n) is 16.2. The molecule has 0 heterocycles. The van der Waals surface area contributed by atoms with Crippen LogP contribution in [0.3, 0.4) is 0 Å². The van der Waals surface area contributed by atoms with Crippen LogP contribution in [-0.4, -0.2) is 12.0 Å².